The fraction of sp³-hybridized carbons (Fsp3) is 0.500. The van der Waals surface area contributed by atoms with Crippen molar-refractivity contribution in [1.82, 2.24) is 16.1 Å². The van der Waals surface area contributed by atoms with E-state index in [1.54, 1.807) is 31.4 Å². The molecule has 2 aliphatic rings. The molecule has 4 N–H and O–H groups in total. The van der Waals surface area contributed by atoms with Crippen molar-refractivity contribution in [3.8, 4) is 0 Å². The molecule has 1 unspecified atom stereocenters. The molecule has 4 rings (SSSR count). The van der Waals surface area contributed by atoms with Crippen LogP contribution in [0.15, 0.2) is 47.5 Å². The second-order valence-corrected chi connectivity index (χ2v) is 10.7. The number of anilines is 1. The van der Waals surface area contributed by atoms with Crippen LogP contribution < -0.4 is 21.5 Å². The number of amides is 1. The first-order valence-corrected chi connectivity index (χ1v) is 13.7. The normalized spacial score (nSPS) is 21.3. The Balaban J connectivity index is 1.76. The van der Waals surface area contributed by atoms with Crippen molar-refractivity contribution in [3.05, 3.63) is 64.2 Å². The van der Waals surface area contributed by atoms with Crippen molar-refractivity contribution < 1.29 is 22.7 Å². The molecular weight excluding hydrogens is 531 g/mol. The third kappa shape index (κ3) is 7.04. The van der Waals surface area contributed by atoms with Crippen molar-refractivity contribution >= 4 is 29.2 Å². The number of halogens is 4. The predicted octanol–water partition coefficient (Wildman–Crippen LogP) is 6.21. The molecule has 212 valence electrons. The Morgan fingerprint density at radius 2 is 1.79 bits per heavy atom. The topological polar surface area (TPSA) is 86.8 Å². The van der Waals surface area contributed by atoms with Crippen molar-refractivity contribution in [2.45, 2.75) is 69.8 Å². The summed E-state index contributed by atoms with van der Waals surface area (Å²) in [6.45, 7) is 2.24. The Hall–Kier alpha value is -2.82. The Morgan fingerprint density at radius 3 is 2.44 bits per heavy atom. The number of ether oxygens (including phenoxy) is 1. The lowest BCUT2D eigenvalue weighted by Gasteiger charge is -2.41. The Bertz CT molecular complexity index is 1170. The molecule has 1 amide bonds. The van der Waals surface area contributed by atoms with Crippen LogP contribution in [0.3, 0.4) is 0 Å². The van der Waals surface area contributed by atoms with Gasteiger partial charge in [0.1, 0.15) is 5.66 Å². The molecule has 2 atom stereocenters. The zero-order chi connectivity index (χ0) is 28.0. The first kappa shape index (κ1) is 29.2. The predicted molar refractivity (Wildman–Crippen MR) is 147 cm³/mol. The fourth-order valence-corrected chi connectivity index (χ4v) is 5.51. The number of hydrogen-bond acceptors (Lipinski definition) is 4. The van der Waals surface area contributed by atoms with Crippen LogP contribution in [0.1, 0.15) is 73.4 Å². The van der Waals surface area contributed by atoms with E-state index in [1.807, 2.05) is 6.92 Å². The van der Waals surface area contributed by atoms with Gasteiger partial charge in [-0.25, -0.2) is 5.43 Å². The van der Waals surface area contributed by atoms with E-state index in [4.69, 9.17) is 16.3 Å². The largest absolute Gasteiger partial charge is 0.416 e. The number of nitrogens with zero attached hydrogens (tertiary/aromatic N) is 1. The second kappa shape index (κ2) is 12.6. The number of nitrogens with one attached hydrogen (secondary N) is 4. The van der Waals surface area contributed by atoms with Crippen LogP contribution in [0, 0.1) is 5.92 Å². The first-order chi connectivity index (χ1) is 18.6. The zero-order valence-electron chi connectivity index (χ0n) is 22.1. The summed E-state index contributed by atoms with van der Waals surface area (Å²) in [4.78, 5) is 17.5. The molecule has 11 heteroatoms. The molecular formula is C28H35ClF3N5O2. The van der Waals surface area contributed by atoms with Gasteiger partial charge in [-0.15, -0.1) is 0 Å². The smallest absolute Gasteiger partial charge is 0.383 e. The SMILES string of the molecule is COC[C@H](C)N/C(=N/C(=O)c1ccc(Cl)cc1)NC1(C2CCCCCCC2)NNc2cc(C(F)(F)F)ccc21. The van der Waals surface area contributed by atoms with E-state index in [0.29, 0.717) is 28.4 Å². The van der Waals surface area contributed by atoms with Crippen molar-refractivity contribution in [1.29, 1.82) is 0 Å². The van der Waals surface area contributed by atoms with E-state index in [0.717, 1.165) is 50.7 Å². The number of carbonyl (C=O) groups excluding carboxylic acids is 1. The minimum absolute atomic E-state index is 0.0126. The highest BCUT2D eigenvalue weighted by Crippen LogP contribution is 2.44. The van der Waals surface area contributed by atoms with Crippen LogP contribution in [0.25, 0.3) is 0 Å². The molecule has 7 nitrogen and oxygen atoms in total. The average molecular weight is 566 g/mol. The van der Waals surface area contributed by atoms with E-state index in [1.165, 1.54) is 12.5 Å². The highest BCUT2D eigenvalue weighted by atomic mass is 35.5. The van der Waals surface area contributed by atoms with Crippen LogP contribution in [0.5, 0.6) is 0 Å². The summed E-state index contributed by atoms with van der Waals surface area (Å²) < 4.78 is 45.8. The lowest BCUT2D eigenvalue weighted by molar-refractivity contribution is -0.137. The zero-order valence-corrected chi connectivity index (χ0v) is 22.9. The van der Waals surface area contributed by atoms with Gasteiger partial charge in [-0.1, -0.05) is 49.8 Å². The summed E-state index contributed by atoms with van der Waals surface area (Å²) in [5.41, 5.74) is 5.88. The van der Waals surface area contributed by atoms with Gasteiger partial charge in [-0.2, -0.15) is 18.2 Å². The summed E-state index contributed by atoms with van der Waals surface area (Å²) in [6.07, 6.45) is 2.60. The van der Waals surface area contributed by atoms with Crippen molar-refractivity contribution in [3.63, 3.8) is 0 Å². The van der Waals surface area contributed by atoms with Gasteiger partial charge in [0.25, 0.3) is 5.91 Å². The number of carbonyl (C=O) groups is 1. The van der Waals surface area contributed by atoms with Crippen LogP contribution in [0.4, 0.5) is 18.9 Å². The monoisotopic (exact) mass is 565 g/mol. The molecule has 0 aromatic heterocycles. The Morgan fingerprint density at radius 1 is 1.13 bits per heavy atom. The molecule has 1 heterocycles. The number of aliphatic imine (C=N–C) groups is 1. The lowest BCUT2D eigenvalue weighted by atomic mass is 9.78. The second-order valence-electron chi connectivity index (χ2n) is 10.3. The van der Waals surface area contributed by atoms with E-state index in [2.05, 4.69) is 26.5 Å². The number of benzene rings is 2. The molecule has 39 heavy (non-hydrogen) atoms. The van der Waals surface area contributed by atoms with Gasteiger partial charge >= 0.3 is 6.18 Å². The van der Waals surface area contributed by atoms with Gasteiger partial charge < -0.3 is 20.8 Å². The summed E-state index contributed by atoms with van der Waals surface area (Å²) in [7, 11) is 1.58. The highest BCUT2D eigenvalue weighted by molar-refractivity contribution is 6.30. The summed E-state index contributed by atoms with van der Waals surface area (Å²) in [6, 6.07) is 9.94. The van der Waals surface area contributed by atoms with E-state index in [-0.39, 0.29) is 17.9 Å². The summed E-state index contributed by atoms with van der Waals surface area (Å²) in [5, 5.41) is 7.18. The molecule has 0 saturated heterocycles. The third-order valence-electron chi connectivity index (χ3n) is 7.30. The summed E-state index contributed by atoms with van der Waals surface area (Å²) >= 11 is 5.98. The summed E-state index contributed by atoms with van der Waals surface area (Å²) in [5.74, 6) is -0.278. The third-order valence-corrected chi connectivity index (χ3v) is 7.56. The van der Waals surface area contributed by atoms with Gasteiger partial charge in [0, 0.05) is 35.2 Å². The van der Waals surface area contributed by atoms with Gasteiger partial charge in [-0.3, -0.25) is 4.79 Å². The molecule has 1 aliphatic carbocycles. The maximum absolute atomic E-state index is 13.5. The van der Waals surface area contributed by atoms with Crippen LogP contribution >= 0.6 is 11.6 Å². The molecule has 0 spiro atoms. The fourth-order valence-electron chi connectivity index (χ4n) is 5.38. The molecule has 0 radical (unpaired) electrons. The molecule has 1 aliphatic heterocycles. The number of methoxy groups -OCH3 is 1. The van der Waals surface area contributed by atoms with Gasteiger partial charge in [0.15, 0.2) is 0 Å². The van der Waals surface area contributed by atoms with E-state index < -0.39 is 23.3 Å². The molecule has 2 aromatic rings. The highest BCUT2D eigenvalue weighted by Gasteiger charge is 2.47. The minimum atomic E-state index is -4.47. The average Bonchev–Trinajstić information content (AvgIpc) is 3.22. The van der Waals surface area contributed by atoms with Gasteiger partial charge in [-0.05, 0) is 56.2 Å². The van der Waals surface area contributed by atoms with Crippen molar-refractivity contribution in [2.24, 2.45) is 10.9 Å². The molecule has 1 saturated carbocycles. The lowest BCUT2D eigenvalue weighted by Crippen LogP contribution is -2.62. The quantitative estimate of drug-likeness (QED) is 0.246. The number of hydrogen-bond donors (Lipinski definition) is 4. The minimum Gasteiger partial charge on any atom is -0.383 e. The standard InChI is InChI=1S/C28H35ClF3N5O2/c1-18(17-39-2)33-26(34-25(38)19-10-13-22(29)14-11-19)35-27(20-8-6-4-3-5-7-9-20)23-15-12-21(28(30,31)32)16-24(23)36-37-27/h10-16,18,20,36-37H,3-9,17H2,1-2H3,(H2,33,34,35,38)/t18-,27?/m0/s1. The van der Waals surface area contributed by atoms with Gasteiger partial charge in [0.05, 0.1) is 17.9 Å². The number of alkyl halides is 3. The molecule has 1 fully saturated rings. The number of guanidine groups is 1. The van der Waals surface area contributed by atoms with Crippen molar-refractivity contribution in [2.75, 3.05) is 19.1 Å². The van der Waals surface area contributed by atoms with Crippen LogP contribution in [0.2, 0.25) is 5.02 Å². The van der Waals surface area contributed by atoms with Crippen LogP contribution in [-0.2, 0) is 16.6 Å². The Kier molecular flexibility index (Phi) is 9.40. The number of rotatable bonds is 6. The maximum Gasteiger partial charge on any atom is 0.416 e. The van der Waals surface area contributed by atoms with Gasteiger partial charge in [0.2, 0.25) is 5.96 Å². The number of hydrazine groups is 1. The van der Waals surface area contributed by atoms with E-state index >= 15 is 0 Å². The maximum atomic E-state index is 13.5. The first-order valence-electron chi connectivity index (χ1n) is 13.3. The van der Waals surface area contributed by atoms with Crippen LogP contribution in [-0.4, -0.2) is 31.6 Å². The van der Waals surface area contributed by atoms with E-state index in [9.17, 15) is 18.0 Å². The Labute approximate surface area is 231 Å². The molecule has 0 bridgehead atoms. The molecule has 2 aromatic carbocycles. The number of fused-ring (bicyclic) bond motifs is 1.